The molecule has 1 spiro atoms. The molecule has 3 fully saturated rings. The van der Waals surface area contributed by atoms with Crippen LogP contribution >= 0.6 is 0 Å². The number of nitrogens with zero attached hydrogens (tertiary/aromatic N) is 1. The van der Waals surface area contributed by atoms with Gasteiger partial charge in [0, 0.05) is 38.5 Å². The minimum absolute atomic E-state index is 0.338. The van der Waals surface area contributed by atoms with Crippen molar-refractivity contribution >= 4 is 5.78 Å². The Morgan fingerprint density at radius 3 is 2.65 bits per heavy atom. The average Bonchev–Trinajstić information content (AvgIpc) is 2.87. The van der Waals surface area contributed by atoms with E-state index in [0.29, 0.717) is 29.2 Å². The van der Waals surface area contributed by atoms with Crippen LogP contribution in [0, 0.1) is 0 Å². The second-order valence-electron chi connectivity index (χ2n) is 7.91. The van der Waals surface area contributed by atoms with E-state index in [0.717, 1.165) is 38.6 Å². The fraction of sp³-hybridized carbons (Fsp3) is 0.632. The van der Waals surface area contributed by atoms with Crippen molar-refractivity contribution in [1.82, 2.24) is 4.90 Å². The highest BCUT2D eigenvalue weighted by Crippen LogP contribution is 2.34. The van der Waals surface area contributed by atoms with Crippen molar-refractivity contribution in [2.24, 2.45) is 0 Å². The molecule has 1 saturated carbocycles. The predicted octanol–water partition coefficient (Wildman–Crippen LogP) is 0.788. The lowest BCUT2D eigenvalue weighted by molar-refractivity contribution is -0.967. The maximum atomic E-state index is 11.7. The summed E-state index contributed by atoms with van der Waals surface area (Å²) in [4.78, 5) is 16.0. The van der Waals surface area contributed by atoms with E-state index in [-0.39, 0.29) is 0 Å². The molecule has 4 rings (SSSR count). The standard InChI is InChI=1S/C19H26N2O2/c1-20-12-15(10-14-2-4-17(22)5-3-14)21-13-16(20)11-19(21)8-6-18(23)7-9-19/h2-5,15-16,22H,6-13H2,1H3/p+1/t15-,16-/m0/s1. The third-order valence-electron chi connectivity index (χ3n) is 6.57. The van der Waals surface area contributed by atoms with Crippen LogP contribution in [0.4, 0.5) is 0 Å². The summed E-state index contributed by atoms with van der Waals surface area (Å²) in [5.41, 5.74) is 1.64. The smallest absolute Gasteiger partial charge is 0.133 e. The van der Waals surface area contributed by atoms with Crippen molar-refractivity contribution < 1.29 is 14.8 Å². The van der Waals surface area contributed by atoms with Crippen molar-refractivity contribution in [1.29, 1.82) is 0 Å². The molecule has 2 heterocycles. The largest absolute Gasteiger partial charge is 0.508 e. The molecule has 4 nitrogen and oxygen atoms in total. The predicted molar refractivity (Wildman–Crippen MR) is 88.7 cm³/mol. The van der Waals surface area contributed by atoms with Gasteiger partial charge in [-0.3, -0.25) is 9.69 Å². The molecule has 1 unspecified atom stereocenters. The Morgan fingerprint density at radius 1 is 1.26 bits per heavy atom. The lowest BCUT2D eigenvalue weighted by atomic mass is 9.78. The van der Waals surface area contributed by atoms with E-state index >= 15 is 0 Å². The first-order valence-corrected chi connectivity index (χ1v) is 8.92. The van der Waals surface area contributed by atoms with Gasteiger partial charge in [-0.25, -0.2) is 0 Å². The zero-order valence-corrected chi connectivity index (χ0v) is 13.9. The van der Waals surface area contributed by atoms with E-state index in [1.54, 1.807) is 17.0 Å². The number of benzene rings is 1. The average molecular weight is 315 g/mol. The first-order valence-electron chi connectivity index (χ1n) is 8.92. The summed E-state index contributed by atoms with van der Waals surface area (Å²) in [6.07, 6.45) is 6.05. The quantitative estimate of drug-likeness (QED) is 0.848. The summed E-state index contributed by atoms with van der Waals surface area (Å²) in [7, 11) is 2.26. The number of nitrogens with one attached hydrogen (secondary N) is 1. The molecule has 2 bridgehead atoms. The van der Waals surface area contributed by atoms with Gasteiger partial charge in [-0.05, 0) is 24.7 Å². The highest BCUT2D eigenvalue weighted by molar-refractivity contribution is 5.79. The van der Waals surface area contributed by atoms with Crippen LogP contribution < -0.4 is 4.90 Å². The molecule has 0 amide bonds. The van der Waals surface area contributed by atoms with Crippen LogP contribution in [0.25, 0.3) is 0 Å². The maximum Gasteiger partial charge on any atom is 0.133 e. The number of rotatable bonds is 2. The molecule has 1 aromatic rings. The van der Waals surface area contributed by atoms with Gasteiger partial charge in [0.2, 0.25) is 0 Å². The van der Waals surface area contributed by atoms with Gasteiger partial charge in [0.25, 0.3) is 0 Å². The van der Waals surface area contributed by atoms with Crippen LogP contribution in [0.2, 0.25) is 0 Å². The number of carbonyl (C=O) groups excluding carboxylic acids is 1. The number of hydrogen-bond donors (Lipinski definition) is 2. The van der Waals surface area contributed by atoms with Crippen molar-refractivity contribution in [2.75, 3.05) is 20.1 Å². The molecular weight excluding hydrogens is 288 g/mol. The third kappa shape index (κ3) is 2.68. The highest BCUT2D eigenvalue weighted by atomic mass is 16.3. The van der Waals surface area contributed by atoms with E-state index in [9.17, 15) is 9.90 Å². The summed E-state index contributed by atoms with van der Waals surface area (Å²) < 4.78 is 0. The van der Waals surface area contributed by atoms with Crippen LogP contribution in [0.5, 0.6) is 5.75 Å². The van der Waals surface area contributed by atoms with E-state index in [1.807, 2.05) is 12.1 Å². The number of carbonyl (C=O) groups is 1. The topological polar surface area (TPSA) is 45.0 Å². The third-order valence-corrected chi connectivity index (χ3v) is 6.57. The van der Waals surface area contributed by atoms with Gasteiger partial charge in [0.1, 0.15) is 23.1 Å². The van der Waals surface area contributed by atoms with E-state index in [1.165, 1.54) is 18.5 Å². The van der Waals surface area contributed by atoms with Gasteiger partial charge in [0.15, 0.2) is 0 Å². The lowest BCUT2D eigenvalue weighted by Gasteiger charge is -2.43. The van der Waals surface area contributed by atoms with Crippen LogP contribution in [-0.2, 0) is 11.2 Å². The number of fused-ring (bicyclic) bond motifs is 3. The summed E-state index contributed by atoms with van der Waals surface area (Å²) in [6.45, 7) is 2.37. The minimum Gasteiger partial charge on any atom is -0.508 e. The Labute approximate surface area is 138 Å². The number of piperazine rings is 1. The molecule has 124 valence electrons. The van der Waals surface area contributed by atoms with Crippen LogP contribution in [0.3, 0.4) is 0 Å². The molecular formula is C19H27N2O2+. The minimum atomic E-state index is 0.338. The first-order chi connectivity index (χ1) is 11.1. The SMILES string of the molecule is CN1C[C@H](Cc2ccc(O)cc2)[NH+]2C[C@@H]1CC21CCC(=O)CC1. The van der Waals surface area contributed by atoms with Gasteiger partial charge >= 0.3 is 0 Å². The molecule has 0 aromatic heterocycles. The van der Waals surface area contributed by atoms with Gasteiger partial charge in [-0.1, -0.05) is 12.1 Å². The Morgan fingerprint density at radius 2 is 1.96 bits per heavy atom. The zero-order chi connectivity index (χ0) is 16.0. The molecule has 2 aliphatic heterocycles. The molecule has 2 N–H and O–H groups in total. The Kier molecular flexibility index (Phi) is 3.69. The normalized spacial score (nSPS) is 33.3. The van der Waals surface area contributed by atoms with Crippen molar-refractivity contribution in [2.45, 2.75) is 56.1 Å². The van der Waals surface area contributed by atoms with Crippen LogP contribution in [-0.4, -0.2) is 53.5 Å². The number of aromatic hydroxyl groups is 1. The number of likely N-dealkylation sites (N-methyl/N-ethyl adjacent to an activating group) is 1. The Balaban J connectivity index is 1.56. The summed E-state index contributed by atoms with van der Waals surface area (Å²) >= 11 is 0. The van der Waals surface area contributed by atoms with Gasteiger partial charge in [0.05, 0.1) is 19.1 Å². The number of ketones is 1. The summed E-state index contributed by atoms with van der Waals surface area (Å²) in [5, 5.41) is 9.49. The fourth-order valence-corrected chi connectivity index (χ4v) is 5.28. The molecule has 0 radical (unpaired) electrons. The van der Waals surface area contributed by atoms with Gasteiger partial charge < -0.3 is 10.0 Å². The van der Waals surface area contributed by atoms with Gasteiger partial charge in [-0.2, -0.15) is 0 Å². The van der Waals surface area contributed by atoms with E-state index in [4.69, 9.17) is 0 Å². The molecule has 2 saturated heterocycles. The Hall–Kier alpha value is -1.39. The number of phenols is 1. The number of Topliss-reactive ketones (excluding diaryl/α,β-unsaturated/α-hetero) is 1. The van der Waals surface area contributed by atoms with E-state index < -0.39 is 0 Å². The van der Waals surface area contributed by atoms with Crippen molar-refractivity contribution in [3.63, 3.8) is 0 Å². The number of quaternary nitrogens is 1. The van der Waals surface area contributed by atoms with E-state index in [2.05, 4.69) is 11.9 Å². The number of hydrogen-bond acceptors (Lipinski definition) is 3. The van der Waals surface area contributed by atoms with Gasteiger partial charge in [-0.15, -0.1) is 0 Å². The molecule has 1 aliphatic carbocycles. The fourth-order valence-electron chi connectivity index (χ4n) is 5.28. The van der Waals surface area contributed by atoms with Crippen LogP contribution in [0.15, 0.2) is 24.3 Å². The second-order valence-corrected chi connectivity index (χ2v) is 7.91. The second kappa shape index (κ2) is 5.60. The zero-order valence-electron chi connectivity index (χ0n) is 13.9. The van der Waals surface area contributed by atoms with Crippen molar-refractivity contribution in [3.8, 4) is 5.75 Å². The Bertz CT molecular complexity index is 588. The van der Waals surface area contributed by atoms with Crippen molar-refractivity contribution in [3.05, 3.63) is 29.8 Å². The summed E-state index contributed by atoms with van der Waals surface area (Å²) in [5.74, 6) is 0.798. The lowest BCUT2D eigenvalue weighted by Crippen LogP contribution is -3.23. The molecule has 23 heavy (non-hydrogen) atoms. The monoisotopic (exact) mass is 315 g/mol. The number of phenolic OH excluding ortho intramolecular Hbond substituents is 1. The van der Waals surface area contributed by atoms with Crippen LogP contribution in [0.1, 0.15) is 37.7 Å². The summed E-state index contributed by atoms with van der Waals surface area (Å²) in [6, 6.07) is 8.96. The molecule has 3 aliphatic rings. The molecule has 1 aromatic carbocycles. The molecule has 4 heteroatoms. The molecule has 3 atom stereocenters. The highest BCUT2D eigenvalue weighted by Gasteiger charge is 2.57. The first kappa shape index (κ1) is 15.2. The maximum absolute atomic E-state index is 11.7.